The lowest BCUT2D eigenvalue weighted by molar-refractivity contribution is 0.0950. The normalized spacial score (nSPS) is 10.5. The second-order valence-corrected chi connectivity index (χ2v) is 4.81. The van der Waals surface area contributed by atoms with Gasteiger partial charge in [0.2, 0.25) is 0 Å². The fourth-order valence-corrected chi connectivity index (χ4v) is 2.11. The maximum absolute atomic E-state index is 12.0. The molecule has 1 N–H and O–H groups in total. The highest BCUT2D eigenvalue weighted by Crippen LogP contribution is 2.16. The molecule has 0 fully saturated rings. The predicted octanol–water partition coefficient (Wildman–Crippen LogP) is 2.36. The predicted molar refractivity (Wildman–Crippen MR) is 73.4 cm³/mol. The van der Waals surface area contributed by atoms with E-state index in [-0.39, 0.29) is 16.2 Å². The first-order chi connectivity index (χ1) is 8.97. The zero-order chi connectivity index (χ0) is 14.0. The molecule has 0 saturated heterocycles. The van der Waals surface area contributed by atoms with Crippen LogP contribution in [-0.4, -0.2) is 20.7 Å². The van der Waals surface area contributed by atoms with Gasteiger partial charge in [-0.25, -0.2) is 4.98 Å². The Hall–Kier alpha value is -1.59. The third kappa shape index (κ3) is 3.24. The van der Waals surface area contributed by atoms with Crippen molar-refractivity contribution in [3.05, 3.63) is 45.5 Å². The number of amides is 1. The molecule has 0 aliphatic heterocycles. The van der Waals surface area contributed by atoms with Gasteiger partial charge in [0.15, 0.2) is 0 Å². The number of pyridine rings is 1. The lowest BCUT2D eigenvalue weighted by Gasteiger charge is -2.05. The van der Waals surface area contributed by atoms with E-state index in [1.807, 2.05) is 20.2 Å². The Balaban J connectivity index is 2.07. The summed E-state index contributed by atoms with van der Waals surface area (Å²) < 4.78 is 1.70. The highest BCUT2D eigenvalue weighted by molar-refractivity contribution is 6.34. The van der Waals surface area contributed by atoms with Crippen molar-refractivity contribution in [2.45, 2.75) is 13.5 Å². The average molecular weight is 299 g/mol. The van der Waals surface area contributed by atoms with E-state index in [0.717, 1.165) is 11.3 Å². The molecule has 0 bridgehead atoms. The van der Waals surface area contributed by atoms with E-state index in [9.17, 15) is 4.79 Å². The molecule has 0 aliphatic rings. The number of aromatic nitrogens is 3. The molecule has 0 aromatic carbocycles. The molecule has 19 heavy (non-hydrogen) atoms. The quantitative estimate of drug-likeness (QED) is 0.885. The van der Waals surface area contributed by atoms with Gasteiger partial charge in [-0.05, 0) is 19.1 Å². The van der Waals surface area contributed by atoms with Crippen LogP contribution < -0.4 is 5.32 Å². The van der Waals surface area contributed by atoms with E-state index in [2.05, 4.69) is 15.4 Å². The zero-order valence-corrected chi connectivity index (χ0v) is 12.0. The van der Waals surface area contributed by atoms with Gasteiger partial charge in [0, 0.05) is 25.4 Å². The standard InChI is InChI=1S/C12H12Cl2N4O/c1-7-8(6-18(2)17-7)5-15-12(19)9-3-4-10(13)16-11(9)14/h3-4,6H,5H2,1-2H3,(H,15,19). The van der Waals surface area contributed by atoms with Crippen molar-refractivity contribution >= 4 is 29.1 Å². The lowest BCUT2D eigenvalue weighted by Crippen LogP contribution is -2.23. The van der Waals surface area contributed by atoms with Crippen molar-refractivity contribution in [3.8, 4) is 0 Å². The first-order valence-corrected chi connectivity index (χ1v) is 6.32. The minimum Gasteiger partial charge on any atom is -0.348 e. The van der Waals surface area contributed by atoms with Crippen LogP contribution in [0.2, 0.25) is 10.3 Å². The summed E-state index contributed by atoms with van der Waals surface area (Å²) in [6.07, 6.45) is 1.86. The van der Waals surface area contributed by atoms with E-state index < -0.39 is 0 Å². The van der Waals surface area contributed by atoms with Crippen molar-refractivity contribution in [3.63, 3.8) is 0 Å². The SMILES string of the molecule is Cc1nn(C)cc1CNC(=O)c1ccc(Cl)nc1Cl. The highest BCUT2D eigenvalue weighted by atomic mass is 35.5. The van der Waals surface area contributed by atoms with Gasteiger partial charge in [-0.3, -0.25) is 9.48 Å². The molecule has 2 heterocycles. The molecule has 2 aromatic rings. The number of carbonyl (C=O) groups excluding carboxylic acids is 1. The van der Waals surface area contributed by atoms with Crippen LogP contribution >= 0.6 is 23.2 Å². The number of carbonyl (C=O) groups is 1. The number of aryl methyl sites for hydroxylation is 2. The molecule has 0 atom stereocenters. The molecule has 7 heteroatoms. The number of hydrogen-bond acceptors (Lipinski definition) is 3. The third-order valence-corrected chi connectivity index (χ3v) is 3.11. The van der Waals surface area contributed by atoms with Crippen molar-refractivity contribution < 1.29 is 4.79 Å². The fraction of sp³-hybridized carbons (Fsp3) is 0.250. The van der Waals surface area contributed by atoms with Crippen LogP contribution in [-0.2, 0) is 13.6 Å². The zero-order valence-electron chi connectivity index (χ0n) is 10.4. The van der Waals surface area contributed by atoms with Crippen LogP contribution in [0.5, 0.6) is 0 Å². The Bertz CT molecular complexity index is 624. The summed E-state index contributed by atoms with van der Waals surface area (Å²) in [5.41, 5.74) is 2.13. The van der Waals surface area contributed by atoms with Crippen LogP contribution in [0.1, 0.15) is 21.6 Å². The van der Waals surface area contributed by atoms with Gasteiger partial charge in [0.25, 0.3) is 5.91 Å². The number of nitrogens with one attached hydrogen (secondary N) is 1. The second kappa shape index (κ2) is 5.59. The summed E-state index contributed by atoms with van der Waals surface area (Å²) in [7, 11) is 1.83. The van der Waals surface area contributed by atoms with E-state index in [1.54, 1.807) is 10.7 Å². The van der Waals surface area contributed by atoms with E-state index in [1.165, 1.54) is 6.07 Å². The molecule has 100 valence electrons. The van der Waals surface area contributed by atoms with E-state index in [4.69, 9.17) is 23.2 Å². The van der Waals surface area contributed by atoms with Gasteiger partial charge in [-0.2, -0.15) is 5.10 Å². The second-order valence-electron chi connectivity index (χ2n) is 4.07. The first kappa shape index (κ1) is 13.8. The topological polar surface area (TPSA) is 59.8 Å². The largest absolute Gasteiger partial charge is 0.348 e. The molecule has 0 spiro atoms. The van der Waals surface area contributed by atoms with Crippen molar-refractivity contribution in [2.24, 2.45) is 7.05 Å². The van der Waals surface area contributed by atoms with Crippen LogP contribution in [0.15, 0.2) is 18.3 Å². The lowest BCUT2D eigenvalue weighted by atomic mass is 10.2. The summed E-state index contributed by atoms with van der Waals surface area (Å²) in [4.78, 5) is 15.8. The van der Waals surface area contributed by atoms with Crippen molar-refractivity contribution in [1.29, 1.82) is 0 Å². The maximum atomic E-state index is 12.0. The third-order valence-electron chi connectivity index (χ3n) is 2.61. The summed E-state index contributed by atoms with van der Waals surface area (Å²) in [5.74, 6) is -0.294. The maximum Gasteiger partial charge on any atom is 0.254 e. The summed E-state index contributed by atoms with van der Waals surface area (Å²) >= 11 is 11.5. The molecule has 0 radical (unpaired) electrons. The van der Waals surface area contributed by atoms with Crippen LogP contribution in [0, 0.1) is 6.92 Å². The molecule has 1 amide bonds. The van der Waals surface area contributed by atoms with Gasteiger partial charge < -0.3 is 5.32 Å². The summed E-state index contributed by atoms with van der Waals surface area (Å²) in [6, 6.07) is 3.07. The van der Waals surface area contributed by atoms with Crippen molar-refractivity contribution in [1.82, 2.24) is 20.1 Å². The van der Waals surface area contributed by atoms with Crippen LogP contribution in [0.25, 0.3) is 0 Å². The Kier molecular flexibility index (Phi) is 4.07. The molecule has 2 rings (SSSR count). The monoisotopic (exact) mass is 298 g/mol. The van der Waals surface area contributed by atoms with Gasteiger partial charge in [-0.15, -0.1) is 0 Å². The minimum atomic E-state index is -0.294. The molecule has 5 nitrogen and oxygen atoms in total. The molecule has 0 aliphatic carbocycles. The fourth-order valence-electron chi connectivity index (χ4n) is 1.67. The van der Waals surface area contributed by atoms with Gasteiger partial charge in [-0.1, -0.05) is 23.2 Å². The molecule has 0 saturated carbocycles. The van der Waals surface area contributed by atoms with Gasteiger partial charge in [0.1, 0.15) is 10.3 Å². The summed E-state index contributed by atoms with van der Waals surface area (Å²) in [6.45, 7) is 2.27. The number of nitrogens with zero attached hydrogens (tertiary/aromatic N) is 3. The first-order valence-electron chi connectivity index (χ1n) is 5.56. The Labute approximate surface area is 120 Å². The van der Waals surface area contributed by atoms with Gasteiger partial charge in [0.05, 0.1) is 11.3 Å². The molecular formula is C12H12Cl2N4O. The molecule has 2 aromatic heterocycles. The smallest absolute Gasteiger partial charge is 0.254 e. The Morgan fingerprint density at radius 2 is 2.16 bits per heavy atom. The van der Waals surface area contributed by atoms with Crippen LogP contribution in [0.4, 0.5) is 0 Å². The highest BCUT2D eigenvalue weighted by Gasteiger charge is 2.12. The van der Waals surface area contributed by atoms with Crippen molar-refractivity contribution in [2.75, 3.05) is 0 Å². The molecular weight excluding hydrogens is 287 g/mol. The number of hydrogen-bond donors (Lipinski definition) is 1. The summed E-state index contributed by atoms with van der Waals surface area (Å²) in [5, 5.41) is 7.32. The Morgan fingerprint density at radius 3 is 2.74 bits per heavy atom. The van der Waals surface area contributed by atoms with E-state index >= 15 is 0 Å². The average Bonchev–Trinajstić information content (AvgIpc) is 2.65. The van der Waals surface area contributed by atoms with E-state index in [0.29, 0.717) is 12.1 Å². The number of rotatable bonds is 3. The van der Waals surface area contributed by atoms with Gasteiger partial charge >= 0.3 is 0 Å². The minimum absolute atomic E-state index is 0.0907. The Morgan fingerprint density at radius 1 is 1.42 bits per heavy atom. The number of halogens is 2. The molecule has 0 unspecified atom stereocenters. The van der Waals surface area contributed by atoms with Crippen LogP contribution in [0.3, 0.4) is 0 Å².